The summed E-state index contributed by atoms with van der Waals surface area (Å²) in [6.45, 7) is 1.66. The summed E-state index contributed by atoms with van der Waals surface area (Å²) in [5.41, 5.74) is 0.719. The van der Waals surface area contributed by atoms with Gasteiger partial charge in [-0.3, -0.25) is 0 Å². The maximum Gasteiger partial charge on any atom is 0.219 e. The van der Waals surface area contributed by atoms with Gasteiger partial charge in [-0.25, -0.2) is 9.37 Å². The van der Waals surface area contributed by atoms with Gasteiger partial charge in [-0.2, -0.15) is 0 Å². The minimum absolute atomic E-state index is 0.310. The van der Waals surface area contributed by atoms with Crippen molar-refractivity contribution in [3.8, 4) is 11.6 Å². The van der Waals surface area contributed by atoms with Gasteiger partial charge in [-0.05, 0) is 42.8 Å². The van der Waals surface area contributed by atoms with E-state index in [2.05, 4.69) is 4.98 Å². The molecule has 0 saturated carbocycles. The highest BCUT2D eigenvalue weighted by atomic mass is 19.1. The Balaban J connectivity index is 2.11. The van der Waals surface area contributed by atoms with Gasteiger partial charge in [-0.1, -0.05) is 0 Å². The largest absolute Gasteiger partial charge is 0.439 e. The second kappa shape index (κ2) is 4.93. The van der Waals surface area contributed by atoms with Crippen LogP contribution in [-0.4, -0.2) is 10.1 Å². The SMILES string of the molecule is C[C@H](O)c1ccc(Oc2ccc(F)cc2)nc1. The van der Waals surface area contributed by atoms with E-state index in [4.69, 9.17) is 4.74 Å². The average Bonchev–Trinajstić information content (AvgIpc) is 2.33. The normalized spacial score (nSPS) is 12.2. The molecule has 0 amide bonds. The molecule has 0 aliphatic carbocycles. The van der Waals surface area contributed by atoms with Crippen molar-refractivity contribution >= 4 is 0 Å². The van der Waals surface area contributed by atoms with Gasteiger partial charge < -0.3 is 9.84 Å². The van der Waals surface area contributed by atoms with Gasteiger partial charge in [0.05, 0.1) is 6.10 Å². The molecule has 1 heterocycles. The first-order valence-electron chi connectivity index (χ1n) is 5.22. The summed E-state index contributed by atoms with van der Waals surface area (Å²) < 4.78 is 18.1. The predicted octanol–water partition coefficient (Wildman–Crippen LogP) is 3.07. The van der Waals surface area contributed by atoms with Crippen LogP contribution in [0.25, 0.3) is 0 Å². The summed E-state index contributed by atoms with van der Waals surface area (Å²) >= 11 is 0. The number of aromatic nitrogens is 1. The molecule has 0 bridgehead atoms. The van der Waals surface area contributed by atoms with E-state index >= 15 is 0 Å². The van der Waals surface area contributed by atoms with Crippen LogP contribution >= 0.6 is 0 Å². The third-order valence-electron chi connectivity index (χ3n) is 2.28. The van der Waals surface area contributed by atoms with Crippen molar-refractivity contribution < 1.29 is 14.2 Å². The number of aliphatic hydroxyl groups excluding tert-OH is 1. The zero-order valence-corrected chi connectivity index (χ0v) is 9.30. The molecule has 0 fully saturated rings. The van der Waals surface area contributed by atoms with Gasteiger partial charge in [0.2, 0.25) is 5.88 Å². The number of halogens is 1. The lowest BCUT2D eigenvalue weighted by Gasteiger charge is -2.06. The van der Waals surface area contributed by atoms with Gasteiger partial charge in [0.1, 0.15) is 11.6 Å². The van der Waals surface area contributed by atoms with E-state index in [1.807, 2.05) is 0 Å². The lowest BCUT2D eigenvalue weighted by molar-refractivity contribution is 0.198. The van der Waals surface area contributed by atoms with Crippen LogP contribution in [0.15, 0.2) is 42.6 Å². The van der Waals surface area contributed by atoms with E-state index in [1.54, 1.807) is 25.3 Å². The first-order chi connectivity index (χ1) is 8.15. The zero-order valence-electron chi connectivity index (χ0n) is 9.30. The molecule has 0 aliphatic heterocycles. The molecule has 17 heavy (non-hydrogen) atoms. The van der Waals surface area contributed by atoms with Crippen molar-refractivity contribution in [2.24, 2.45) is 0 Å². The Morgan fingerprint density at radius 2 is 1.88 bits per heavy atom. The van der Waals surface area contributed by atoms with Gasteiger partial charge in [-0.15, -0.1) is 0 Å². The summed E-state index contributed by atoms with van der Waals surface area (Å²) in [5.74, 6) is 0.611. The Kier molecular flexibility index (Phi) is 3.35. The van der Waals surface area contributed by atoms with Crippen molar-refractivity contribution in [1.29, 1.82) is 0 Å². The van der Waals surface area contributed by atoms with E-state index < -0.39 is 6.10 Å². The van der Waals surface area contributed by atoms with E-state index in [0.29, 0.717) is 11.6 Å². The zero-order chi connectivity index (χ0) is 12.3. The molecule has 0 radical (unpaired) electrons. The molecule has 88 valence electrons. The number of aliphatic hydroxyl groups is 1. The number of rotatable bonds is 3. The molecular weight excluding hydrogens is 221 g/mol. The summed E-state index contributed by atoms with van der Waals surface area (Å²) in [6, 6.07) is 9.08. The van der Waals surface area contributed by atoms with Crippen molar-refractivity contribution in [3.63, 3.8) is 0 Å². The second-order valence-electron chi connectivity index (χ2n) is 3.66. The van der Waals surface area contributed by atoms with Gasteiger partial charge in [0, 0.05) is 12.3 Å². The van der Waals surface area contributed by atoms with E-state index in [0.717, 1.165) is 5.56 Å². The maximum atomic E-state index is 12.7. The fraction of sp³-hybridized carbons (Fsp3) is 0.154. The molecule has 2 rings (SSSR count). The van der Waals surface area contributed by atoms with Crippen LogP contribution < -0.4 is 4.74 Å². The lowest BCUT2D eigenvalue weighted by Crippen LogP contribution is -1.93. The highest BCUT2D eigenvalue weighted by Crippen LogP contribution is 2.20. The molecule has 4 heteroatoms. The number of hydrogen-bond acceptors (Lipinski definition) is 3. The number of ether oxygens (including phenoxy) is 1. The maximum absolute atomic E-state index is 12.7. The minimum atomic E-state index is -0.553. The summed E-state index contributed by atoms with van der Waals surface area (Å²) in [5, 5.41) is 9.31. The average molecular weight is 233 g/mol. The summed E-state index contributed by atoms with van der Waals surface area (Å²) in [6.07, 6.45) is 0.992. The lowest BCUT2D eigenvalue weighted by atomic mass is 10.2. The van der Waals surface area contributed by atoms with Gasteiger partial charge >= 0.3 is 0 Å². The van der Waals surface area contributed by atoms with Gasteiger partial charge in [0.25, 0.3) is 0 Å². The van der Waals surface area contributed by atoms with E-state index in [-0.39, 0.29) is 5.82 Å². The number of benzene rings is 1. The Morgan fingerprint density at radius 3 is 2.41 bits per heavy atom. The number of pyridine rings is 1. The van der Waals surface area contributed by atoms with Crippen LogP contribution in [0.5, 0.6) is 11.6 Å². The summed E-state index contributed by atoms with van der Waals surface area (Å²) in [7, 11) is 0. The van der Waals surface area contributed by atoms with Crippen LogP contribution in [0, 0.1) is 5.82 Å². The van der Waals surface area contributed by atoms with E-state index in [9.17, 15) is 9.50 Å². The fourth-order valence-corrected chi connectivity index (χ4v) is 1.32. The molecule has 0 spiro atoms. The van der Waals surface area contributed by atoms with Crippen LogP contribution in [0.2, 0.25) is 0 Å². The molecule has 1 aromatic heterocycles. The molecule has 0 saturated heterocycles. The molecule has 2 aromatic rings. The minimum Gasteiger partial charge on any atom is -0.439 e. The second-order valence-corrected chi connectivity index (χ2v) is 3.66. The Hall–Kier alpha value is -1.94. The highest BCUT2D eigenvalue weighted by molar-refractivity contribution is 5.28. The monoisotopic (exact) mass is 233 g/mol. The Labute approximate surface area is 98.5 Å². The third-order valence-corrected chi connectivity index (χ3v) is 2.28. The number of hydrogen-bond donors (Lipinski definition) is 1. The molecule has 1 aromatic carbocycles. The van der Waals surface area contributed by atoms with Crippen LogP contribution in [0.4, 0.5) is 4.39 Å². The van der Waals surface area contributed by atoms with Crippen LogP contribution in [0.3, 0.4) is 0 Å². The van der Waals surface area contributed by atoms with Crippen molar-refractivity contribution in [3.05, 3.63) is 54.0 Å². The van der Waals surface area contributed by atoms with Crippen LogP contribution in [-0.2, 0) is 0 Å². The Bertz CT molecular complexity index is 480. The Morgan fingerprint density at radius 1 is 1.18 bits per heavy atom. The van der Waals surface area contributed by atoms with Crippen LogP contribution in [0.1, 0.15) is 18.6 Å². The van der Waals surface area contributed by atoms with Gasteiger partial charge in [0.15, 0.2) is 0 Å². The van der Waals surface area contributed by atoms with E-state index in [1.165, 1.54) is 24.3 Å². The molecule has 3 nitrogen and oxygen atoms in total. The van der Waals surface area contributed by atoms with Crippen molar-refractivity contribution in [1.82, 2.24) is 4.98 Å². The molecular formula is C13H12FNO2. The van der Waals surface area contributed by atoms with Crippen molar-refractivity contribution in [2.45, 2.75) is 13.0 Å². The van der Waals surface area contributed by atoms with Crippen molar-refractivity contribution in [2.75, 3.05) is 0 Å². The highest BCUT2D eigenvalue weighted by Gasteiger charge is 2.03. The first-order valence-corrected chi connectivity index (χ1v) is 5.22. The smallest absolute Gasteiger partial charge is 0.219 e. The summed E-state index contributed by atoms with van der Waals surface area (Å²) in [4.78, 5) is 4.04. The fourth-order valence-electron chi connectivity index (χ4n) is 1.32. The molecule has 1 N–H and O–H groups in total. The first kappa shape index (κ1) is 11.5. The standard InChI is InChI=1S/C13H12FNO2/c1-9(16)10-2-7-13(15-8-10)17-12-5-3-11(14)4-6-12/h2-9,16H,1H3/t9-/m0/s1. The number of nitrogens with zero attached hydrogens (tertiary/aromatic N) is 1. The predicted molar refractivity (Wildman–Crippen MR) is 61.3 cm³/mol. The molecule has 1 atom stereocenters. The molecule has 0 aliphatic rings. The quantitative estimate of drug-likeness (QED) is 0.885. The molecule has 0 unspecified atom stereocenters. The third kappa shape index (κ3) is 3.01. The topological polar surface area (TPSA) is 42.4 Å².